The first-order chi connectivity index (χ1) is 11.2. The van der Waals surface area contributed by atoms with Crippen LogP contribution in [0.25, 0.3) is 0 Å². The van der Waals surface area contributed by atoms with Crippen molar-refractivity contribution in [2.45, 2.75) is 19.4 Å². The van der Waals surface area contributed by atoms with Gasteiger partial charge in [0.15, 0.2) is 0 Å². The van der Waals surface area contributed by atoms with E-state index in [4.69, 9.17) is 0 Å². The molecular formula is C19H22N2O2. The Kier molecular flexibility index (Phi) is 4.74. The van der Waals surface area contributed by atoms with Gasteiger partial charge in [-0.15, -0.1) is 0 Å². The first-order valence-corrected chi connectivity index (χ1v) is 7.97. The molecule has 2 aromatic carbocycles. The number of hydrogen-bond acceptors (Lipinski definition) is 3. The highest BCUT2D eigenvalue weighted by atomic mass is 16.3. The first-order valence-electron chi connectivity index (χ1n) is 7.97. The normalized spacial score (nSPS) is 17.6. The summed E-state index contributed by atoms with van der Waals surface area (Å²) in [6.45, 7) is 3.06. The molecule has 2 aromatic rings. The van der Waals surface area contributed by atoms with Gasteiger partial charge in [0, 0.05) is 12.2 Å². The number of nitrogens with one attached hydrogen (secondary N) is 1. The number of aryl methyl sites for hydroxylation is 1. The van der Waals surface area contributed by atoms with Gasteiger partial charge in [0.25, 0.3) is 0 Å². The fourth-order valence-electron chi connectivity index (χ4n) is 3.19. The smallest absolute Gasteiger partial charge is 0.238 e. The predicted molar refractivity (Wildman–Crippen MR) is 91.4 cm³/mol. The maximum absolute atomic E-state index is 12.4. The minimum Gasteiger partial charge on any atom is -0.394 e. The largest absolute Gasteiger partial charge is 0.394 e. The SMILES string of the molecule is Cc1ccccc1NC(=O)CN1CCc2ccccc2C1CO. The lowest BCUT2D eigenvalue weighted by atomic mass is 9.93. The van der Waals surface area contributed by atoms with Crippen LogP contribution in [0.2, 0.25) is 0 Å². The second kappa shape index (κ2) is 6.94. The van der Waals surface area contributed by atoms with Crippen LogP contribution in [-0.4, -0.2) is 35.6 Å². The van der Waals surface area contributed by atoms with Crippen molar-refractivity contribution in [3.63, 3.8) is 0 Å². The number of amides is 1. The van der Waals surface area contributed by atoms with Crippen molar-refractivity contribution in [2.24, 2.45) is 0 Å². The summed E-state index contributed by atoms with van der Waals surface area (Å²) >= 11 is 0. The van der Waals surface area contributed by atoms with Crippen LogP contribution in [0.3, 0.4) is 0 Å². The quantitative estimate of drug-likeness (QED) is 0.912. The molecule has 1 amide bonds. The molecule has 4 nitrogen and oxygen atoms in total. The Balaban J connectivity index is 1.70. The minimum atomic E-state index is -0.109. The highest BCUT2D eigenvalue weighted by Crippen LogP contribution is 2.29. The molecule has 1 unspecified atom stereocenters. The van der Waals surface area contributed by atoms with Gasteiger partial charge in [0.05, 0.1) is 19.2 Å². The summed E-state index contributed by atoms with van der Waals surface area (Å²) in [4.78, 5) is 14.4. The number of aliphatic hydroxyl groups excluding tert-OH is 1. The summed E-state index contributed by atoms with van der Waals surface area (Å²) in [5.74, 6) is -0.0443. The van der Waals surface area contributed by atoms with Gasteiger partial charge in [-0.1, -0.05) is 42.5 Å². The van der Waals surface area contributed by atoms with Crippen LogP contribution in [0.1, 0.15) is 22.7 Å². The summed E-state index contributed by atoms with van der Waals surface area (Å²) in [5, 5.41) is 12.7. The number of benzene rings is 2. The molecule has 0 radical (unpaired) electrons. The van der Waals surface area contributed by atoms with Crippen LogP contribution >= 0.6 is 0 Å². The summed E-state index contributed by atoms with van der Waals surface area (Å²) in [5.41, 5.74) is 4.28. The van der Waals surface area contributed by atoms with Gasteiger partial charge in [-0.3, -0.25) is 9.69 Å². The van der Waals surface area contributed by atoms with Crippen molar-refractivity contribution >= 4 is 11.6 Å². The van der Waals surface area contributed by atoms with E-state index < -0.39 is 0 Å². The van der Waals surface area contributed by atoms with Crippen molar-refractivity contribution in [3.05, 3.63) is 65.2 Å². The second-order valence-electron chi connectivity index (χ2n) is 5.98. The van der Waals surface area contributed by atoms with E-state index >= 15 is 0 Å². The van der Waals surface area contributed by atoms with Gasteiger partial charge in [0.1, 0.15) is 0 Å². The van der Waals surface area contributed by atoms with Crippen molar-refractivity contribution in [3.8, 4) is 0 Å². The number of hydrogen-bond donors (Lipinski definition) is 2. The molecule has 3 rings (SSSR count). The van der Waals surface area contributed by atoms with Crippen LogP contribution < -0.4 is 5.32 Å². The number of nitrogens with zero attached hydrogens (tertiary/aromatic N) is 1. The van der Waals surface area contributed by atoms with Gasteiger partial charge in [-0.05, 0) is 36.1 Å². The van der Waals surface area contributed by atoms with Gasteiger partial charge < -0.3 is 10.4 Å². The predicted octanol–water partition coefficient (Wildman–Crippen LogP) is 2.53. The third-order valence-corrected chi connectivity index (χ3v) is 4.46. The molecule has 0 aliphatic carbocycles. The molecule has 0 bridgehead atoms. The average Bonchev–Trinajstić information content (AvgIpc) is 2.57. The number of carbonyl (C=O) groups is 1. The van der Waals surface area contributed by atoms with Gasteiger partial charge in [-0.25, -0.2) is 0 Å². The number of aliphatic hydroxyl groups is 1. The number of rotatable bonds is 4. The van der Waals surface area contributed by atoms with Crippen molar-refractivity contribution in [2.75, 3.05) is 25.0 Å². The summed E-state index contributed by atoms with van der Waals surface area (Å²) in [6.07, 6.45) is 0.907. The molecule has 23 heavy (non-hydrogen) atoms. The standard InChI is InChI=1S/C19H22N2O2/c1-14-6-2-5-9-17(14)20-19(23)12-21-11-10-15-7-3-4-8-16(15)18(21)13-22/h2-9,18,22H,10-13H2,1H3,(H,20,23). The Morgan fingerprint density at radius 1 is 1.22 bits per heavy atom. The maximum Gasteiger partial charge on any atom is 0.238 e. The van der Waals surface area contributed by atoms with E-state index in [0.717, 1.165) is 29.8 Å². The fraction of sp³-hybridized carbons (Fsp3) is 0.316. The second-order valence-corrected chi connectivity index (χ2v) is 5.98. The molecule has 120 valence electrons. The van der Waals surface area contributed by atoms with E-state index in [2.05, 4.69) is 16.3 Å². The molecular weight excluding hydrogens is 288 g/mol. The van der Waals surface area contributed by atoms with E-state index in [1.807, 2.05) is 49.4 Å². The van der Waals surface area contributed by atoms with Crippen LogP contribution in [0.5, 0.6) is 0 Å². The van der Waals surface area contributed by atoms with Crippen molar-refractivity contribution < 1.29 is 9.90 Å². The Morgan fingerprint density at radius 2 is 1.96 bits per heavy atom. The minimum absolute atomic E-state index is 0.0225. The van der Waals surface area contributed by atoms with Gasteiger partial charge >= 0.3 is 0 Å². The summed E-state index contributed by atoms with van der Waals surface area (Å²) < 4.78 is 0. The monoisotopic (exact) mass is 310 g/mol. The molecule has 4 heteroatoms. The molecule has 1 aliphatic heterocycles. The number of para-hydroxylation sites is 1. The molecule has 0 saturated carbocycles. The molecule has 0 saturated heterocycles. The zero-order valence-corrected chi connectivity index (χ0v) is 13.3. The lowest BCUT2D eigenvalue weighted by Gasteiger charge is -2.35. The Labute approximate surface area is 136 Å². The lowest BCUT2D eigenvalue weighted by molar-refractivity contribution is -0.118. The van der Waals surface area contributed by atoms with Crippen LogP contribution in [0, 0.1) is 6.92 Å². The van der Waals surface area contributed by atoms with E-state index in [-0.39, 0.29) is 25.1 Å². The third kappa shape index (κ3) is 3.44. The molecule has 0 spiro atoms. The van der Waals surface area contributed by atoms with Gasteiger partial charge in [0.2, 0.25) is 5.91 Å². The Hall–Kier alpha value is -2.17. The van der Waals surface area contributed by atoms with Gasteiger partial charge in [-0.2, -0.15) is 0 Å². The van der Waals surface area contributed by atoms with Crippen LogP contribution in [0.15, 0.2) is 48.5 Å². The summed E-state index contributed by atoms with van der Waals surface area (Å²) in [7, 11) is 0. The number of carbonyl (C=O) groups excluding carboxylic acids is 1. The van der Waals surface area contributed by atoms with E-state index in [9.17, 15) is 9.90 Å². The third-order valence-electron chi connectivity index (χ3n) is 4.46. The fourth-order valence-corrected chi connectivity index (χ4v) is 3.19. The zero-order valence-electron chi connectivity index (χ0n) is 13.3. The van der Waals surface area contributed by atoms with Crippen molar-refractivity contribution in [1.29, 1.82) is 0 Å². The molecule has 1 atom stereocenters. The van der Waals surface area contributed by atoms with Crippen LogP contribution in [-0.2, 0) is 11.2 Å². The zero-order chi connectivity index (χ0) is 16.2. The highest BCUT2D eigenvalue weighted by molar-refractivity contribution is 5.93. The maximum atomic E-state index is 12.4. The molecule has 0 aromatic heterocycles. The van der Waals surface area contributed by atoms with E-state index in [0.29, 0.717) is 0 Å². The molecule has 0 fully saturated rings. The van der Waals surface area contributed by atoms with E-state index in [1.54, 1.807) is 0 Å². The lowest BCUT2D eigenvalue weighted by Crippen LogP contribution is -2.42. The number of fused-ring (bicyclic) bond motifs is 1. The topological polar surface area (TPSA) is 52.6 Å². The Morgan fingerprint density at radius 3 is 2.74 bits per heavy atom. The Bertz CT molecular complexity index is 699. The molecule has 1 heterocycles. The van der Waals surface area contributed by atoms with Crippen molar-refractivity contribution in [1.82, 2.24) is 4.90 Å². The highest BCUT2D eigenvalue weighted by Gasteiger charge is 2.27. The first kappa shape index (κ1) is 15.7. The molecule has 1 aliphatic rings. The summed E-state index contributed by atoms with van der Waals surface area (Å²) in [6, 6.07) is 15.8. The molecule has 2 N–H and O–H groups in total. The van der Waals surface area contributed by atoms with E-state index in [1.165, 1.54) is 5.56 Å². The van der Waals surface area contributed by atoms with Crippen LogP contribution in [0.4, 0.5) is 5.69 Å². The average molecular weight is 310 g/mol. The number of anilines is 1.